The van der Waals surface area contributed by atoms with Gasteiger partial charge in [0, 0.05) is 16.3 Å². The summed E-state index contributed by atoms with van der Waals surface area (Å²) in [6.07, 6.45) is 1.93. The quantitative estimate of drug-likeness (QED) is 0.176. The van der Waals surface area contributed by atoms with E-state index in [4.69, 9.17) is 13.6 Å². The molecule has 0 atom stereocenters. The van der Waals surface area contributed by atoms with Gasteiger partial charge in [0.25, 0.3) is 5.91 Å². The number of unbranched alkanes of at least 4 members (excludes halogenated alkanes) is 1. The van der Waals surface area contributed by atoms with E-state index < -0.39 is 17.5 Å². The standard InChI is InChI=1S/C30H26FNO5/c1-4-5-14-35-20-12-13-25-22(16-20)26(18(3)36-25)30(34)32-27-21-8-6-7-9-24(21)37-29(27)28(33)19-11-10-17(2)23(31)15-19/h6-13,15-16H,4-5,14H2,1-3H3,(H,32,34). The molecule has 0 aliphatic heterocycles. The second kappa shape index (κ2) is 9.93. The van der Waals surface area contributed by atoms with Crippen molar-refractivity contribution in [3.05, 3.63) is 94.7 Å². The molecule has 0 saturated heterocycles. The average Bonchev–Trinajstić information content (AvgIpc) is 3.42. The van der Waals surface area contributed by atoms with Gasteiger partial charge in [0.2, 0.25) is 5.78 Å². The molecular formula is C30H26FNO5. The molecule has 37 heavy (non-hydrogen) atoms. The molecule has 7 heteroatoms. The molecule has 2 heterocycles. The van der Waals surface area contributed by atoms with Crippen molar-refractivity contribution in [3.8, 4) is 5.75 Å². The number of amides is 1. The Morgan fingerprint density at radius 2 is 1.73 bits per heavy atom. The van der Waals surface area contributed by atoms with Crippen molar-refractivity contribution in [1.82, 2.24) is 0 Å². The minimum absolute atomic E-state index is 0.0770. The first-order valence-electron chi connectivity index (χ1n) is 12.2. The number of hydrogen-bond donors (Lipinski definition) is 1. The van der Waals surface area contributed by atoms with Crippen LogP contribution in [0.3, 0.4) is 0 Å². The highest BCUT2D eigenvalue weighted by molar-refractivity contribution is 6.21. The SMILES string of the molecule is CCCCOc1ccc2oc(C)c(C(=O)Nc3c(C(=O)c4ccc(C)c(F)c4)oc4ccccc34)c2c1. The molecule has 5 rings (SSSR count). The maximum Gasteiger partial charge on any atom is 0.259 e. The number of ketones is 1. The van der Waals surface area contributed by atoms with E-state index in [0.29, 0.717) is 51.2 Å². The van der Waals surface area contributed by atoms with E-state index >= 15 is 0 Å². The minimum atomic E-state index is -0.536. The first-order chi connectivity index (χ1) is 17.9. The third-order valence-corrected chi connectivity index (χ3v) is 6.30. The molecule has 1 amide bonds. The largest absolute Gasteiger partial charge is 0.494 e. The summed E-state index contributed by atoms with van der Waals surface area (Å²) in [7, 11) is 0. The van der Waals surface area contributed by atoms with Gasteiger partial charge in [0.1, 0.15) is 28.5 Å². The molecule has 1 N–H and O–H groups in total. The highest BCUT2D eigenvalue weighted by atomic mass is 19.1. The number of nitrogens with one attached hydrogen (secondary N) is 1. The van der Waals surface area contributed by atoms with Crippen molar-refractivity contribution >= 4 is 39.3 Å². The molecule has 0 bridgehead atoms. The van der Waals surface area contributed by atoms with Crippen LogP contribution in [0.25, 0.3) is 21.9 Å². The summed E-state index contributed by atoms with van der Waals surface area (Å²) in [5.41, 5.74) is 2.08. The molecule has 0 aliphatic rings. The van der Waals surface area contributed by atoms with Gasteiger partial charge >= 0.3 is 0 Å². The lowest BCUT2D eigenvalue weighted by Crippen LogP contribution is -2.15. The average molecular weight is 500 g/mol. The highest BCUT2D eigenvalue weighted by Gasteiger charge is 2.26. The molecule has 5 aromatic rings. The van der Waals surface area contributed by atoms with Crippen LogP contribution < -0.4 is 10.1 Å². The molecule has 3 aromatic carbocycles. The van der Waals surface area contributed by atoms with Crippen LogP contribution in [-0.4, -0.2) is 18.3 Å². The van der Waals surface area contributed by atoms with Crippen LogP contribution >= 0.6 is 0 Å². The van der Waals surface area contributed by atoms with Crippen LogP contribution in [0.4, 0.5) is 10.1 Å². The summed E-state index contributed by atoms with van der Waals surface area (Å²) in [6, 6.07) is 16.6. The van der Waals surface area contributed by atoms with Gasteiger partial charge in [-0.2, -0.15) is 0 Å². The smallest absolute Gasteiger partial charge is 0.259 e. The number of rotatable bonds is 8. The van der Waals surface area contributed by atoms with Crippen LogP contribution in [0.5, 0.6) is 5.75 Å². The van der Waals surface area contributed by atoms with E-state index in [9.17, 15) is 14.0 Å². The fourth-order valence-corrected chi connectivity index (χ4v) is 4.28. The lowest BCUT2D eigenvalue weighted by Gasteiger charge is -2.08. The van der Waals surface area contributed by atoms with Gasteiger partial charge in [0.15, 0.2) is 5.76 Å². The molecule has 0 unspecified atom stereocenters. The van der Waals surface area contributed by atoms with E-state index in [-0.39, 0.29) is 17.0 Å². The number of furan rings is 2. The van der Waals surface area contributed by atoms with E-state index in [1.54, 1.807) is 50.2 Å². The number of aryl methyl sites for hydroxylation is 2. The highest BCUT2D eigenvalue weighted by Crippen LogP contribution is 2.35. The van der Waals surface area contributed by atoms with Gasteiger partial charge in [0.05, 0.1) is 17.9 Å². The maximum atomic E-state index is 14.2. The van der Waals surface area contributed by atoms with Crippen molar-refractivity contribution < 1.29 is 27.6 Å². The monoisotopic (exact) mass is 499 g/mol. The van der Waals surface area contributed by atoms with Gasteiger partial charge in [-0.25, -0.2) is 4.39 Å². The second-order valence-corrected chi connectivity index (χ2v) is 8.94. The van der Waals surface area contributed by atoms with Crippen LogP contribution in [0.15, 0.2) is 69.5 Å². The zero-order valence-corrected chi connectivity index (χ0v) is 20.8. The fourth-order valence-electron chi connectivity index (χ4n) is 4.28. The Hall–Kier alpha value is -4.39. The van der Waals surface area contributed by atoms with Gasteiger partial charge in [-0.15, -0.1) is 0 Å². The van der Waals surface area contributed by atoms with E-state index in [2.05, 4.69) is 12.2 Å². The Morgan fingerprint density at radius 3 is 2.51 bits per heavy atom. The molecule has 6 nitrogen and oxygen atoms in total. The van der Waals surface area contributed by atoms with Gasteiger partial charge in [-0.05, 0) is 62.2 Å². The summed E-state index contributed by atoms with van der Waals surface area (Å²) in [6.45, 7) is 5.99. The molecule has 188 valence electrons. The number of carbonyl (C=O) groups excluding carboxylic acids is 2. The predicted molar refractivity (Wildman–Crippen MR) is 140 cm³/mol. The summed E-state index contributed by atoms with van der Waals surface area (Å²) in [4.78, 5) is 27.0. The zero-order chi connectivity index (χ0) is 26.1. The van der Waals surface area contributed by atoms with Crippen molar-refractivity contribution in [1.29, 1.82) is 0 Å². The molecule has 0 radical (unpaired) electrons. The van der Waals surface area contributed by atoms with E-state index in [0.717, 1.165) is 12.8 Å². The number of carbonyl (C=O) groups is 2. The van der Waals surface area contributed by atoms with E-state index in [1.165, 1.54) is 18.2 Å². The summed E-state index contributed by atoms with van der Waals surface area (Å²) in [5, 5.41) is 4.03. The van der Waals surface area contributed by atoms with Gasteiger partial charge < -0.3 is 18.9 Å². The topological polar surface area (TPSA) is 81.7 Å². The van der Waals surface area contributed by atoms with Gasteiger partial charge in [-0.3, -0.25) is 9.59 Å². The fraction of sp³-hybridized carbons (Fsp3) is 0.200. The van der Waals surface area contributed by atoms with Crippen LogP contribution in [0, 0.1) is 19.7 Å². The number of hydrogen-bond acceptors (Lipinski definition) is 5. The lowest BCUT2D eigenvalue weighted by atomic mass is 10.0. The summed E-state index contributed by atoms with van der Waals surface area (Å²) >= 11 is 0. The Bertz CT molecular complexity index is 1650. The Balaban J connectivity index is 1.55. The number of ether oxygens (including phenoxy) is 1. The van der Waals surface area contributed by atoms with Gasteiger partial charge in [-0.1, -0.05) is 37.6 Å². The number of para-hydroxylation sites is 1. The maximum absolute atomic E-state index is 14.2. The van der Waals surface area contributed by atoms with Crippen molar-refractivity contribution in [2.45, 2.75) is 33.6 Å². The van der Waals surface area contributed by atoms with Crippen LogP contribution in [0.1, 0.15) is 57.6 Å². The Labute approximate surface area is 213 Å². The van der Waals surface area contributed by atoms with Crippen molar-refractivity contribution in [3.63, 3.8) is 0 Å². The third kappa shape index (κ3) is 4.60. The third-order valence-electron chi connectivity index (χ3n) is 6.30. The molecule has 0 saturated carbocycles. The first kappa shape index (κ1) is 24.3. The second-order valence-electron chi connectivity index (χ2n) is 8.94. The zero-order valence-electron chi connectivity index (χ0n) is 20.8. The number of anilines is 1. The predicted octanol–water partition coefficient (Wildman–Crippen LogP) is 7.60. The van der Waals surface area contributed by atoms with Crippen molar-refractivity contribution in [2.75, 3.05) is 11.9 Å². The first-order valence-corrected chi connectivity index (χ1v) is 12.2. The number of fused-ring (bicyclic) bond motifs is 2. The Morgan fingerprint density at radius 1 is 0.946 bits per heavy atom. The summed E-state index contributed by atoms with van der Waals surface area (Å²) in [5.74, 6) is -0.499. The van der Waals surface area contributed by atoms with Crippen LogP contribution in [-0.2, 0) is 0 Å². The van der Waals surface area contributed by atoms with Crippen LogP contribution in [0.2, 0.25) is 0 Å². The molecule has 0 aliphatic carbocycles. The molecular weight excluding hydrogens is 473 g/mol. The minimum Gasteiger partial charge on any atom is -0.494 e. The lowest BCUT2D eigenvalue weighted by molar-refractivity contribution is 0.101. The number of halogens is 1. The molecule has 2 aromatic heterocycles. The molecule has 0 fully saturated rings. The van der Waals surface area contributed by atoms with E-state index in [1.807, 2.05) is 6.07 Å². The Kier molecular flexibility index (Phi) is 6.53. The summed E-state index contributed by atoms with van der Waals surface area (Å²) < 4.78 is 31.7. The number of benzene rings is 3. The molecule has 0 spiro atoms. The van der Waals surface area contributed by atoms with Crippen molar-refractivity contribution in [2.24, 2.45) is 0 Å². The normalized spacial score (nSPS) is 11.2.